The average molecular weight is 320 g/mol. The summed E-state index contributed by atoms with van der Waals surface area (Å²) < 4.78 is 43.7. The summed E-state index contributed by atoms with van der Waals surface area (Å²) in [6.45, 7) is 2.73. The van der Waals surface area contributed by atoms with Crippen molar-refractivity contribution in [3.8, 4) is 0 Å². The lowest BCUT2D eigenvalue weighted by molar-refractivity contribution is -0.139. The molecular formula is C14H19F3N2O3. The van der Waals surface area contributed by atoms with E-state index in [9.17, 15) is 22.8 Å². The van der Waals surface area contributed by atoms with E-state index in [1.807, 2.05) is 6.92 Å². The molecule has 1 heterocycles. The molecule has 1 N–H and O–H groups in total. The number of unbranched alkanes of at least 4 members (excludes halogenated alkanes) is 1. The van der Waals surface area contributed by atoms with E-state index in [2.05, 4.69) is 5.32 Å². The Morgan fingerprint density at radius 3 is 2.73 bits per heavy atom. The Morgan fingerprint density at radius 2 is 2.09 bits per heavy atom. The predicted molar refractivity (Wildman–Crippen MR) is 74.4 cm³/mol. The maximum Gasteiger partial charge on any atom is 0.421 e. The highest BCUT2D eigenvalue weighted by molar-refractivity contribution is 5.75. The van der Waals surface area contributed by atoms with Crippen molar-refractivity contribution < 1.29 is 22.7 Å². The van der Waals surface area contributed by atoms with Crippen molar-refractivity contribution >= 4 is 5.91 Å². The Labute approximate surface area is 126 Å². The second kappa shape index (κ2) is 8.57. The van der Waals surface area contributed by atoms with Gasteiger partial charge in [-0.2, -0.15) is 13.2 Å². The summed E-state index contributed by atoms with van der Waals surface area (Å²) in [5, 5.41) is 2.49. The lowest BCUT2D eigenvalue weighted by Crippen LogP contribution is -2.36. The van der Waals surface area contributed by atoms with E-state index in [1.165, 1.54) is 0 Å². The number of hydrogen-bond donors (Lipinski definition) is 1. The van der Waals surface area contributed by atoms with Crippen LogP contribution in [0.2, 0.25) is 0 Å². The highest BCUT2D eigenvalue weighted by atomic mass is 19.4. The fourth-order valence-electron chi connectivity index (χ4n) is 1.70. The van der Waals surface area contributed by atoms with Gasteiger partial charge in [-0.05, 0) is 18.6 Å². The maximum absolute atomic E-state index is 12.6. The van der Waals surface area contributed by atoms with Gasteiger partial charge in [-0.1, -0.05) is 13.3 Å². The van der Waals surface area contributed by atoms with Gasteiger partial charge in [0.1, 0.15) is 12.1 Å². The molecule has 0 fully saturated rings. The molecule has 1 aromatic heterocycles. The summed E-state index contributed by atoms with van der Waals surface area (Å²) in [6, 6.07) is 1.78. The van der Waals surface area contributed by atoms with Crippen LogP contribution in [0.25, 0.3) is 0 Å². The first kappa shape index (κ1) is 18.2. The number of carbonyl (C=O) groups is 1. The van der Waals surface area contributed by atoms with Crippen LogP contribution in [0.5, 0.6) is 0 Å². The van der Waals surface area contributed by atoms with Gasteiger partial charge in [-0.3, -0.25) is 9.59 Å². The number of aromatic nitrogens is 1. The first-order valence-electron chi connectivity index (χ1n) is 6.97. The number of rotatable bonds is 8. The number of ether oxygens (including phenoxy) is 1. The number of amides is 1. The van der Waals surface area contributed by atoms with E-state index in [0.29, 0.717) is 19.3 Å². The third kappa shape index (κ3) is 5.88. The summed E-state index contributed by atoms with van der Waals surface area (Å²) in [6.07, 6.45) is -1.66. The van der Waals surface area contributed by atoms with Crippen LogP contribution in [0.3, 0.4) is 0 Å². The third-order valence-corrected chi connectivity index (χ3v) is 2.85. The molecular weight excluding hydrogens is 301 g/mol. The van der Waals surface area contributed by atoms with Crippen LogP contribution in [0.15, 0.2) is 23.1 Å². The normalized spacial score (nSPS) is 11.5. The molecule has 1 amide bonds. The SMILES string of the molecule is CCCCOCCNC(=O)Cn1cccc(C(F)(F)F)c1=O. The van der Waals surface area contributed by atoms with Crippen molar-refractivity contribution in [2.24, 2.45) is 0 Å². The molecule has 0 aliphatic rings. The molecule has 0 aliphatic carbocycles. The lowest BCUT2D eigenvalue weighted by atomic mass is 10.2. The fourth-order valence-corrected chi connectivity index (χ4v) is 1.70. The second-order valence-corrected chi connectivity index (χ2v) is 4.67. The van der Waals surface area contributed by atoms with Crippen molar-refractivity contribution in [1.82, 2.24) is 9.88 Å². The van der Waals surface area contributed by atoms with Gasteiger partial charge in [-0.15, -0.1) is 0 Å². The smallest absolute Gasteiger partial charge is 0.380 e. The van der Waals surface area contributed by atoms with Gasteiger partial charge in [0.05, 0.1) is 6.61 Å². The third-order valence-electron chi connectivity index (χ3n) is 2.85. The molecule has 8 heteroatoms. The largest absolute Gasteiger partial charge is 0.421 e. The fraction of sp³-hybridized carbons (Fsp3) is 0.571. The minimum Gasteiger partial charge on any atom is -0.380 e. The van der Waals surface area contributed by atoms with Crippen molar-refractivity contribution in [2.75, 3.05) is 19.8 Å². The van der Waals surface area contributed by atoms with E-state index in [4.69, 9.17) is 4.74 Å². The number of pyridine rings is 1. The van der Waals surface area contributed by atoms with Gasteiger partial charge in [0.15, 0.2) is 0 Å². The van der Waals surface area contributed by atoms with E-state index < -0.39 is 29.8 Å². The summed E-state index contributed by atoms with van der Waals surface area (Å²) in [4.78, 5) is 23.2. The topological polar surface area (TPSA) is 60.3 Å². The van der Waals surface area contributed by atoms with Crippen LogP contribution in [-0.4, -0.2) is 30.2 Å². The second-order valence-electron chi connectivity index (χ2n) is 4.67. The van der Waals surface area contributed by atoms with Gasteiger partial charge in [0.25, 0.3) is 5.56 Å². The average Bonchev–Trinajstić information content (AvgIpc) is 2.43. The van der Waals surface area contributed by atoms with Crippen LogP contribution in [0.1, 0.15) is 25.3 Å². The number of nitrogens with zero attached hydrogens (tertiary/aromatic N) is 1. The molecule has 0 radical (unpaired) electrons. The molecule has 0 bridgehead atoms. The number of carbonyl (C=O) groups excluding carboxylic acids is 1. The van der Waals surface area contributed by atoms with Crippen molar-refractivity contribution in [3.63, 3.8) is 0 Å². The molecule has 0 unspecified atom stereocenters. The van der Waals surface area contributed by atoms with E-state index in [-0.39, 0.29) is 6.54 Å². The Balaban J connectivity index is 2.50. The quantitative estimate of drug-likeness (QED) is 0.743. The van der Waals surface area contributed by atoms with E-state index >= 15 is 0 Å². The van der Waals surface area contributed by atoms with Gasteiger partial charge < -0.3 is 14.6 Å². The van der Waals surface area contributed by atoms with E-state index in [1.54, 1.807) is 0 Å². The minimum absolute atomic E-state index is 0.246. The van der Waals surface area contributed by atoms with Crippen LogP contribution in [0.4, 0.5) is 13.2 Å². The molecule has 1 aromatic rings. The first-order valence-corrected chi connectivity index (χ1v) is 6.97. The van der Waals surface area contributed by atoms with Crippen LogP contribution >= 0.6 is 0 Å². The zero-order valence-corrected chi connectivity index (χ0v) is 12.3. The Hall–Kier alpha value is -1.83. The Bertz CT molecular complexity index is 541. The summed E-state index contributed by atoms with van der Waals surface area (Å²) in [5.41, 5.74) is -2.52. The number of alkyl halides is 3. The monoisotopic (exact) mass is 320 g/mol. The standard InChI is InChI=1S/C14H19F3N2O3/c1-2-3-8-22-9-6-18-12(20)10-19-7-4-5-11(13(19)21)14(15,16)17/h4-5,7H,2-3,6,8-10H2,1H3,(H,18,20). The molecule has 0 atom stereocenters. The molecule has 0 spiro atoms. The summed E-state index contributed by atoms with van der Waals surface area (Å²) in [5.74, 6) is -0.541. The molecule has 5 nitrogen and oxygen atoms in total. The Kier molecular flexibility index (Phi) is 7.10. The highest BCUT2D eigenvalue weighted by Crippen LogP contribution is 2.25. The molecule has 124 valence electrons. The van der Waals surface area contributed by atoms with Gasteiger partial charge in [-0.25, -0.2) is 0 Å². The molecule has 0 aromatic carbocycles. The highest BCUT2D eigenvalue weighted by Gasteiger charge is 2.34. The number of nitrogens with one attached hydrogen (secondary N) is 1. The lowest BCUT2D eigenvalue weighted by Gasteiger charge is -2.10. The van der Waals surface area contributed by atoms with Crippen LogP contribution < -0.4 is 10.9 Å². The summed E-state index contributed by atoms with van der Waals surface area (Å²) in [7, 11) is 0. The van der Waals surface area contributed by atoms with Gasteiger partial charge in [0.2, 0.25) is 5.91 Å². The first-order chi connectivity index (χ1) is 10.4. The molecule has 22 heavy (non-hydrogen) atoms. The number of halogens is 3. The maximum atomic E-state index is 12.6. The van der Waals surface area contributed by atoms with Crippen LogP contribution in [-0.2, 0) is 22.3 Å². The van der Waals surface area contributed by atoms with Crippen molar-refractivity contribution in [2.45, 2.75) is 32.5 Å². The molecule has 1 rings (SSSR count). The van der Waals surface area contributed by atoms with Gasteiger partial charge >= 0.3 is 6.18 Å². The van der Waals surface area contributed by atoms with Crippen LogP contribution in [0, 0.1) is 0 Å². The van der Waals surface area contributed by atoms with Crippen molar-refractivity contribution in [1.29, 1.82) is 0 Å². The number of hydrogen-bond acceptors (Lipinski definition) is 3. The van der Waals surface area contributed by atoms with Gasteiger partial charge in [0, 0.05) is 19.3 Å². The molecule has 0 saturated carbocycles. The Morgan fingerprint density at radius 1 is 1.36 bits per heavy atom. The zero-order valence-electron chi connectivity index (χ0n) is 12.3. The molecule has 0 aliphatic heterocycles. The van der Waals surface area contributed by atoms with Crippen molar-refractivity contribution in [3.05, 3.63) is 34.2 Å². The predicted octanol–water partition coefficient (Wildman–Crippen LogP) is 1.80. The summed E-state index contributed by atoms with van der Waals surface area (Å²) >= 11 is 0. The van der Waals surface area contributed by atoms with E-state index in [0.717, 1.165) is 29.7 Å². The zero-order chi connectivity index (χ0) is 16.6. The molecule has 0 saturated heterocycles. The minimum atomic E-state index is -4.73.